The predicted molar refractivity (Wildman–Crippen MR) is 89.2 cm³/mol. The van der Waals surface area contributed by atoms with Gasteiger partial charge in [0.25, 0.3) is 0 Å². The van der Waals surface area contributed by atoms with Gasteiger partial charge in [-0.15, -0.1) is 0 Å². The third-order valence-corrected chi connectivity index (χ3v) is 3.30. The Morgan fingerprint density at radius 3 is 2.43 bits per heavy atom. The van der Waals surface area contributed by atoms with Crippen molar-refractivity contribution in [1.29, 1.82) is 0 Å². The third kappa shape index (κ3) is 6.08. The fraction of sp³-hybridized carbons (Fsp3) is 0.278. The second-order valence-electron chi connectivity index (χ2n) is 5.45. The number of benzene rings is 2. The molecule has 0 saturated heterocycles. The standard InChI is InChI=1S/C18H21FN2O2/c1-14-3-9-17(10-4-14)23-12-11-21(2)13-18(22)20-16-7-5-15(19)6-8-16/h3-10H,11-13H2,1-2H3,(H,20,22). The monoisotopic (exact) mass is 316 g/mol. The van der Waals surface area contributed by atoms with Gasteiger partial charge in [0, 0.05) is 12.2 Å². The molecule has 0 bridgehead atoms. The van der Waals surface area contributed by atoms with Crippen LogP contribution in [0.2, 0.25) is 0 Å². The Kier molecular flexibility index (Phi) is 6.11. The molecule has 4 nitrogen and oxygen atoms in total. The van der Waals surface area contributed by atoms with Crippen LogP contribution in [0.5, 0.6) is 5.75 Å². The summed E-state index contributed by atoms with van der Waals surface area (Å²) in [5, 5.41) is 2.73. The first-order valence-electron chi connectivity index (χ1n) is 7.46. The molecule has 5 heteroatoms. The van der Waals surface area contributed by atoms with Gasteiger partial charge in [0.2, 0.25) is 5.91 Å². The zero-order valence-corrected chi connectivity index (χ0v) is 13.4. The van der Waals surface area contributed by atoms with Crippen molar-refractivity contribution < 1.29 is 13.9 Å². The number of nitrogens with one attached hydrogen (secondary N) is 1. The summed E-state index contributed by atoms with van der Waals surface area (Å²) < 4.78 is 18.4. The molecule has 23 heavy (non-hydrogen) atoms. The summed E-state index contributed by atoms with van der Waals surface area (Å²) in [6, 6.07) is 13.5. The lowest BCUT2D eigenvalue weighted by molar-refractivity contribution is -0.117. The topological polar surface area (TPSA) is 41.6 Å². The zero-order chi connectivity index (χ0) is 16.7. The van der Waals surface area contributed by atoms with Crippen LogP contribution >= 0.6 is 0 Å². The molecule has 0 saturated carbocycles. The molecule has 122 valence electrons. The summed E-state index contributed by atoms with van der Waals surface area (Å²) in [5.41, 5.74) is 1.77. The highest BCUT2D eigenvalue weighted by atomic mass is 19.1. The molecular formula is C18H21FN2O2. The van der Waals surface area contributed by atoms with E-state index in [4.69, 9.17) is 4.74 Å². The van der Waals surface area contributed by atoms with Gasteiger partial charge >= 0.3 is 0 Å². The van der Waals surface area contributed by atoms with Crippen LogP contribution < -0.4 is 10.1 Å². The molecule has 0 aliphatic carbocycles. The number of hydrogen-bond donors (Lipinski definition) is 1. The van der Waals surface area contributed by atoms with Crippen LogP contribution in [0.3, 0.4) is 0 Å². The Balaban J connectivity index is 1.69. The maximum atomic E-state index is 12.8. The molecule has 2 aromatic carbocycles. The van der Waals surface area contributed by atoms with E-state index in [2.05, 4.69) is 5.32 Å². The largest absolute Gasteiger partial charge is 0.492 e. The van der Waals surface area contributed by atoms with E-state index in [-0.39, 0.29) is 18.3 Å². The number of halogens is 1. The Labute approximate surface area is 135 Å². The van der Waals surface area contributed by atoms with Gasteiger partial charge in [0.1, 0.15) is 18.2 Å². The number of hydrogen-bond acceptors (Lipinski definition) is 3. The third-order valence-electron chi connectivity index (χ3n) is 3.30. The van der Waals surface area contributed by atoms with Crippen molar-refractivity contribution >= 4 is 11.6 Å². The van der Waals surface area contributed by atoms with Crippen LogP contribution in [-0.2, 0) is 4.79 Å². The molecule has 0 atom stereocenters. The van der Waals surface area contributed by atoms with Gasteiger partial charge in [-0.3, -0.25) is 9.69 Å². The molecule has 0 aliphatic rings. The van der Waals surface area contributed by atoms with Crippen LogP contribution in [-0.4, -0.2) is 37.6 Å². The summed E-state index contributed by atoms with van der Waals surface area (Å²) >= 11 is 0. The number of amides is 1. The minimum Gasteiger partial charge on any atom is -0.492 e. The van der Waals surface area contributed by atoms with Crippen molar-refractivity contribution in [2.24, 2.45) is 0 Å². The van der Waals surface area contributed by atoms with Crippen LogP contribution in [0, 0.1) is 12.7 Å². The average Bonchev–Trinajstić information content (AvgIpc) is 2.51. The first-order valence-corrected chi connectivity index (χ1v) is 7.46. The van der Waals surface area contributed by atoms with E-state index in [0.29, 0.717) is 18.8 Å². The van der Waals surface area contributed by atoms with Crippen LogP contribution in [0.25, 0.3) is 0 Å². The van der Waals surface area contributed by atoms with E-state index in [9.17, 15) is 9.18 Å². The summed E-state index contributed by atoms with van der Waals surface area (Å²) in [7, 11) is 1.85. The molecule has 0 aliphatic heterocycles. The van der Waals surface area contributed by atoms with E-state index in [1.165, 1.54) is 29.8 Å². The first-order chi connectivity index (χ1) is 11.0. The highest BCUT2D eigenvalue weighted by molar-refractivity contribution is 5.92. The molecule has 1 amide bonds. The zero-order valence-electron chi connectivity index (χ0n) is 13.4. The van der Waals surface area contributed by atoms with E-state index >= 15 is 0 Å². The maximum Gasteiger partial charge on any atom is 0.238 e. The smallest absolute Gasteiger partial charge is 0.238 e. The van der Waals surface area contributed by atoms with Crippen LogP contribution in [0.15, 0.2) is 48.5 Å². The number of anilines is 1. The normalized spacial score (nSPS) is 10.6. The van der Waals surface area contributed by atoms with Crippen molar-refractivity contribution in [3.8, 4) is 5.75 Å². The lowest BCUT2D eigenvalue weighted by Gasteiger charge is -2.16. The lowest BCUT2D eigenvalue weighted by atomic mass is 10.2. The Hall–Kier alpha value is -2.40. The lowest BCUT2D eigenvalue weighted by Crippen LogP contribution is -2.33. The van der Waals surface area contributed by atoms with Gasteiger partial charge < -0.3 is 10.1 Å². The second kappa shape index (κ2) is 8.29. The summed E-state index contributed by atoms with van der Waals surface area (Å²) in [4.78, 5) is 13.8. The van der Waals surface area contributed by atoms with Gasteiger partial charge in [0.15, 0.2) is 0 Å². The minimum absolute atomic E-state index is 0.144. The van der Waals surface area contributed by atoms with Crippen molar-refractivity contribution in [2.75, 3.05) is 32.1 Å². The highest BCUT2D eigenvalue weighted by Gasteiger charge is 2.07. The average molecular weight is 316 g/mol. The number of ether oxygens (including phenoxy) is 1. The predicted octanol–water partition coefficient (Wildman–Crippen LogP) is 3.08. The van der Waals surface area contributed by atoms with Crippen molar-refractivity contribution in [3.05, 3.63) is 59.9 Å². The molecule has 0 heterocycles. The molecule has 0 radical (unpaired) electrons. The van der Waals surface area contributed by atoms with Gasteiger partial charge in [0.05, 0.1) is 6.54 Å². The van der Waals surface area contributed by atoms with E-state index in [0.717, 1.165) is 5.75 Å². The highest BCUT2D eigenvalue weighted by Crippen LogP contribution is 2.11. The Morgan fingerprint density at radius 2 is 1.78 bits per heavy atom. The summed E-state index contributed by atoms with van der Waals surface area (Å²) in [6.07, 6.45) is 0. The molecule has 0 fully saturated rings. The SMILES string of the molecule is Cc1ccc(OCCN(C)CC(=O)Nc2ccc(F)cc2)cc1. The molecule has 2 rings (SSSR count). The minimum atomic E-state index is -0.326. The number of carbonyl (C=O) groups excluding carboxylic acids is 1. The molecule has 0 spiro atoms. The number of rotatable bonds is 7. The van der Waals surface area contributed by atoms with Gasteiger partial charge in [-0.2, -0.15) is 0 Å². The quantitative estimate of drug-likeness (QED) is 0.853. The number of carbonyl (C=O) groups is 1. The number of aryl methyl sites for hydroxylation is 1. The fourth-order valence-electron chi connectivity index (χ4n) is 2.01. The van der Waals surface area contributed by atoms with Crippen molar-refractivity contribution in [2.45, 2.75) is 6.92 Å². The molecule has 2 aromatic rings. The summed E-state index contributed by atoms with van der Waals surface area (Å²) in [5.74, 6) is 0.350. The summed E-state index contributed by atoms with van der Waals surface area (Å²) in [6.45, 7) is 3.40. The molecule has 1 N–H and O–H groups in total. The number of nitrogens with zero attached hydrogens (tertiary/aromatic N) is 1. The Morgan fingerprint density at radius 1 is 1.13 bits per heavy atom. The van der Waals surface area contributed by atoms with Gasteiger partial charge in [-0.25, -0.2) is 4.39 Å². The Bertz CT molecular complexity index is 626. The van der Waals surface area contributed by atoms with E-state index in [1.54, 1.807) is 0 Å². The van der Waals surface area contributed by atoms with Crippen LogP contribution in [0.4, 0.5) is 10.1 Å². The van der Waals surface area contributed by atoms with E-state index < -0.39 is 0 Å². The van der Waals surface area contributed by atoms with Crippen molar-refractivity contribution in [3.63, 3.8) is 0 Å². The molecule has 0 unspecified atom stereocenters. The van der Waals surface area contributed by atoms with Gasteiger partial charge in [-0.1, -0.05) is 17.7 Å². The van der Waals surface area contributed by atoms with E-state index in [1.807, 2.05) is 43.1 Å². The maximum absolute atomic E-state index is 12.8. The van der Waals surface area contributed by atoms with Gasteiger partial charge in [-0.05, 0) is 50.4 Å². The molecular weight excluding hydrogens is 295 g/mol. The first kappa shape index (κ1) is 17.0. The van der Waals surface area contributed by atoms with Crippen LogP contribution in [0.1, 0.15) is 5.56 Å². The second-order valence-corrected chi connectivity index (χ2v) is 5.45. The fourth-order valence-corrected chi connectivity index (χ4v) is 2.01. The van der Waals surface area contributed by atoms with Crippen molar-refractivity contribution in [1.82, 2.24) is 4.90 Å². The molecule has 0 aromatic heterocycles. The number of likely N-dealkylation sites (N-methyl/N-ethyl adjacent to an activating group) is 1.